The van der Waals surface area contributed by atoms with Crippen LogP contribution < -0.4 is 5.32 Å². The normalized spacial score (nSPS) is 9.07. The number of aliphatic carboxylic acids is 1. The molecule has 0 aliphatic heterocycles. The molecule has 0 spiro atoms. The van der Waals surface area contributed by atoms with Crippen LogP contribution in [0.15, 0.2) is 18.2 Å². The minimum absolute atomic E-state index is 0.0359. The number of nitrogens with one attached hydrogen (secondary N) is 1. The number of benzene rings is 1. The van der Waals surface area contributed by atoms with Crippen molar-refractivity contribution in [1.82, 2.24) is 0 Å². The van der Waals surface area contributed by atoms with Gasteiger partial charge in [0, 0.05) is 0 Å². The summed E-state index contributed by atoms with van der Waals surface area (Å²) < 4.78 is 0. The van der Waals surface area contributed by atoms with Crippen LogP contribution in [-0.2, 0) is 9.59 Å². The minimum atomic E-state index is -1.63. The van der Waals surface area contributed by atoms with Gasteiger partial charge in [-0.1, -0.05) is 17.7 Å². The molecule has 0 unspecified atom stereocenters. The van der Waals surface area contributed by atoms with Gasteiger partial charge in [-0.3, -0.25) is 4.79 Å². The van der Waals surface area contributed by atoms with Gasteiger partial charge in [-0.15, -0.1) is 0 Å². The van der Waals surface area contributed by atoms with Crippen LogP contribution >= 0.6 is 11.6 Å². The average Bonchev–Trinajstić information content (AvgIpc) is 2.18. The SMILES string of the molecule is N#Cc1c(Cl)cccc1NC(=O)C(=O)O. The molecule has 0 saturated carbocycles. The van der Waals surface area contributed by atoms with E-state index < -0.39 is 11.9 Å². The Hall–Kier alpha value is -2.06. The summed E-state index contributed by atoms with van der Waals surface area (Å²) in [6, 6.07) is 6.13. The second-order valence-electron chi connectivity index (χ2n) is 2.53. The lowest BCUT2D eigenvalue weighted by atomic mass is 10.2. The molecule has 0 saturated heterocycles. The van der Waals surface area contributed by atoms with Gasteiger partial charge in [0.1, 0.15) is 6.07 Å². The van der Waals surface area contributed by atoms with E-state index in [1.165, 1.54) is 18.2 Å². The fraction of sp³-hybridized carbons (Fsp3) is 0. The number of nitriles is 1. The second kappa shape index (κ2) is 4.44. The Morgan fingerprint density at radius 2 is 2.13 bits per heavy atom. The van der Waals surface area contributed by atoms with E-state index >= 15 is 0 Å². The molecule has 0 aliphatic rings. The Kier molecular flexibility index (Phi) is 3.26. The number of carbonyl (C=O) groups excluding carboxylic acids is 1. The van der Waals surface area contributed by atoms with Crippen molar-refractivity contribution in [2.75, 3.05) is 5.32 Å². The van der Waals surface area contributed by atoms with E-state index in [0.29, 0.717) is 0 Å². The predicted molar refractivity (Wildman–Crippen MR) is 52.4 cm³/mol. The summed E-state index contributed by atoms with van der Waals surface area (Å²) in [4.78, 5) is 21.1. The first kappa shape index (κ1) is 11.0. The van der Waals surface area contributed by atoms with E-state index in [4.69, 9.17) is 22.0 Å². The maximum atomic E-state index is 10.8. The maximum Gasteiger partial charge on any atom is 0.394 e. The third-order valence-electron chi connectivity index (χ3n) is 1.57. The zero-order valence-corrected chi connectivity index (χ0v) is 8.08. The zero-order valence-electron chi connectivity index (χ0n) is 7.32. The van der Waals surface area contributed by atoms with E-state index in [0.717, 1.165) is 0 Å². The van der Waals surface area contributed by atoms with Crippen LogP contribution in [0.25, 0.3) is 0 Å². The topological polar surface area (TPSA) is 90.2 Å². The molecule has 0 atom stereocenters. The molecule has 2 N–H and O–H groups in total. The van der Waals surface area contributed by atoms with Gasteiger partial charge >= 0.3 is 11.9 Å². The Bertz CT molecular complexity index is 465. The lowest BCUT2D eigenvalue weighted by Gasteiger charge is -2.04. The zero-order chi connectivity index (χ0) is 11.4. The first-order chi connectivity index (χ1) is 7.06. The predicted octanol–water partition coefficient (Wildman–Crippen LogP) is 1.23. The molecular weight excluding hydrogens is 220 g/mol. The van der Waals surface area contributed by atoms with Crippen LogP contribution in [0.1, 0.15) is 5.56 Å². The van der Waals surface area contributed by atoms with Gasteiger partial charge in [-0.05, 0) is 12.1 Å². The first-order valence-electron chi connectivity index (χ1n) is 3.79. The number of anilines is 1. The summed E-state index contributed by atoms with van der Waals surface area (Å²) in [7, 11) is 0. The highest BCUT2D eigenvalue weighted by molar-refractivity contribution is 6.37. The number of halogens is 1. The number of nitrogens with zero attached hydrogens (tertiary/aromatic N) is 1. The van der Waals surface area contributed by atoms with Gasteiger partial charge in [0.2, 0.25) is 0 Å². The molecule has 0 aromatic heterocycles. The van der Waals surface area contributed by atoms with Crippen molar-refractivity contribution in [3.05, 3.63) is 28.8 Å². The van der Waals surface area contributed by atoms with Crippen LogP contribution in [0.2, 0.25) is 5.02 Å². The maximum absolute atomic E-state index is 10.8. The van der Waals surface area contributed by atoms with E-state index in [-0.39, 0.29) is 16.3 Å². The Morgan fingerprint density at radius 3 is 2.67 bits per heavy atom. The smallest absolute Gasteiger partial charge is 0.394 e. The lowest BCUT2D eigenvalue weighted by molar-refractivity contribution is -0.147. The number of hydrogen-bond donors (Lipinski definition) is 2. The molecule has 0 heterocycles. The summed E-state index contributed by atoms with van der Waals surface area (Å²) in [5, 5.41) is 19.3. The highest BCUT2D eigenvalue weighted by atomic mass is 35.5. The van der Waals surface area contributed by atoms with Gasteiger partial charge < -0.3 is 10.4 Å². The van der Waals surface area contributed by atoms with Gasteiger partial charge in [0.25, 0.3) is 0 Å². The Labute approximate surface area is 89.9 Å². The molecule has 0 radical (unpaired) electrons. The van der Waals surface area contributed by atoms with Crippen LogP contribution in [0, 0.1) is 11.3 Å². The van der Waals surface area contributed by atoms with Crippen molar-refractivity contribution in [2.24, 2.45) is 0 Å². The average molecular weight is 225 g/mol. The number of hydrogen-bond acceptors (Lipinski definition) is 3. The number of rotatable bonds is 1. The number of amides is 1. The first-order valence-corrected chi connectivity index (χ1v) is 4.17. The van der Waals surface area contributed by atoms with E-state index in [9.17, 15) is 9.59 Å². The van der Waals surface area contributed by atoms with Gasteiger partial charge in [-0.25, -0.2) is 4.79 Å². The van der Waals surface area contributed by atoms with Crippen molar-refractivity contribution in [2.45, 2.75) is 0 Å². The molecule has 1 amide bonds. The minimum Gasteiger partial charge on any atom is -0.474 e. The van der Waals surface area contributed by atoms with Crippen LogP contribution in [0.4, 0.5) is 5.69 Å². The molecule has 5 nitrogen and oxygen atoms in total. The summed E-state index contributed by atoms with van der Waals surface area (Å²) in [5.74, 6) is -2.84. The molecule has 76 valence electrons. The Balaban J connectivity index is 3.06. The monoisotopic (exact) mass is 224 g/mol. The van der Waals surface area contributed by atoms with Gasteiger partial charge in [-0.2, -0.15) is 5.26 Å². The third-order valence-corrected chi connectivity index (χ3v) is 1.88. The quantitative estimate of drug-likeness (QED) is 0.702. The summed E-state index contributed by atoms with van der Waals surface area (Å²) in [5.41, 5.74) is 0.117. The van der Waals surface area contributed by atoms with Crippen molar-refractivity contribution in [1.29, 1.82) is 5.26 Å². The van der Waals surface area contributed by atoms with Crippen molar-refractivity contribution in [3.63, 3.8) is 0 Å². The summed E-state index contributed by atoms with van der Waals surface area (Å²) in [6.07, 6.45) is 0. The van der Waals surface area contributed by atoms with E-state index in [1.807, 2.05) is 0 Å². The molecule has 15 heavy (non-hydrogen) atoms. The highest BCUT2D eigenvalue weighted by Crippen LogP contribution is 2.22. The number of carbonyl (C=O) groups is 2. The lowest BCUT2D eigenvalue weighted by Crippen LogP contribution is -2.22. The standard InChI is InChI=1S/C9H5ClN2O3/c10-6-2-1-3-7(5(6)4-11)12-8(13)9(14)15/h1-3H,(H,12,13)(H,14,15). The second-order valence-corrected chi connectivity index (χ2v) is 2.94. The van der Waals surface area contributed by atoms with Crippen LogP contribution in [0.5, 0.6) is 0 Å². The Morgan fingerprint density at radius 1 is 1.47 bits per heavy atom. The molecule has 1 aromatic carbocycles. The molecular formula is C9H5ClN2O3. The van der Waals surface area contributed by atoms with Crippen LogP contribution in [-0.4, -0.2) is 17.0 Å². The van der Waals surface area contributed by atoms with Gasteiger partial charge in [0.15, 0.2) is 0 Å². The molecule has 0 aliphatic carbocycles. The molecule has 1 rings (SSSR count). The summed E-state index contributed by atoms with van der Waals surface area (Å²) >= 11 is 5.67. The van der Waals surface area contributed by atoms with Crippen molar-refractivity contribution < 1.29 is 14.7 Å². The molecule has 6 heteroatoms. The number of carboxylic acid groups (broad SMARTS) is 1. The van der Waals surface area contributed by atoms with E-state index in [1.54, 1.807) is 6.07 Å². The molecule has 0 fully saturated rings. The van der Waals surface area contributed by atoms with Crippen molar-refractivity contribution in [3.8, 4) is 6.07 Å². The summed E-state index contributed by atoms with van der Waals surface area (Å²) in [6.45, 7) is 0. The number of carboxylic acids is 1. The van der Waals surface area contributed by atoms with Crippen molar-refractivity contribution >= 4 is 29.2 Å². The largest absolute Gasteiger partial charge is 0.474 e. The fourth-order valence-electron chi connectivity index (χ4n) is 0.918. The highest BCUT2D eigenvalue weighted by Gasteiger charge is 2.14. The molecule has 0 bridgehead atoms. The fourth-order valence-corrected chi connectivity index (χ4v) is 1.13. The van der Waals surface area contributed by atoms with Crippen LogP contribution in [0.3, 0.4) is 0 Å². The van der Waals surface area contributed by atoms with E-state index in [2.05, 4.69) is 5.32 Å². The van der Waals surface area contributed by atoms with Gasteiger partial charge in [0.05, 0.1) is 16.3 Å². The third kappa shape index (κ3) is 2.45. The molecule has 1 aromatic rings.